The molecule has 0 bridgehead atoms. The van der Waals surface area contributed by atoms with Crippen LogP contribution < -0.4 is 5.32 Å². The summed E-state index contributed by atoms with van der Waals surface area (Å²) >= 11 is 0. The Bertz CT molecular complexity index is 706. The summed E-state index contributed by atoms with van der Waals surface area (Å²) < 4.78 is 23.7. The first kappa shape index (κ1) is 16.5. The average Bonchev–Trinajstić information content (AvgIpc) is 2.43. The zero-order chi connectivity index (χ0) is 16.5. The van der Waals surface area contributed by atoms with Gasteiger partial charge in [-0.2, -0.15) is 0 Å². The van der Waals surface area contributed by atoms with Crippen molar-refractivity contribution in [2.75, 3.05) is 26.4 Å². The van der Waals surface area contributed by atoms with Crippen molar-refractivity contribution in [1.29, 1.82) is 0 Å². The van der Waals surface area contributed by atoms with E-state index in [1.165, 1.54) is 6.07 Å². The molecule has 0 saturated carbocycles. The lowest BCUT2D eigenvalue weighted by Gasteiger charge is -2.38. The Kier molecular flexibility index (Phi) is 4.55. The van der Waals surface area contributed by atoms with Crippen LogP contribution in [0.4, 0.5) is 0 Å². The molecule has 6 nitrogen and oxygen atoms in total. The summed E-state index contributed by atoms with van der Waals surface area (Å²) in [5.41, 5.74) is 1.04. The highest BCUT2D eigenvalue weighted by Gasteiger charge is 2.35. The second-order valence-electron chi connectivity index (χ2n) is 5.47. The number of hydrogen-bond donors (Lipinski definition) is 1. The number of carbonyl (C=O) groups excluding carboxylic acids is 2. The molecule has 1 saturated heterocycles. The monoisotopic (exact) mass is 324 g/mol. The zero-order valence-corrected chi connectivity index (χ0v) is 13.7. The van der Waals surface area contributed by atoms with Gasteiger partial charge in [0.15, 0.2) is 9.84 Å². The van der Waals surface area contributed by atoms with Gasteiger partial charge in [-0.1, -0.05) is 13.0 Å². The predicted molar refractivity (Wildman–Crippen MR) is 82.4 cm³/mol. The molecular formula is C15H20N2O4S. The van der Waals surface area contributed by atoms with Crippen molar-refractivity contribution in [3.05, 3.63) is 29.3 Å². The SMILES string of the molecule is CCc1ccc(C(=O)N2CC(C(=O)NC)C2)cc1S(C)(=O)=O. The van der Waals surface area contributed by atoms with Crippen molar-refractivity contribution in [1.82, 2.24) is 10.2 Å². The van der Waals surface area contributed by atoms with Crippen molar-refractivity contribution < 1.29 is 18.0 Å². The van der Waals surface area contributed by atoms with Crippen molar-refractivity contribution >= 4 is 21.7 Å². The van der Waals surface area contributed by atoms with Crippen LogP contribution in [0, 0.1) is 5.92 Å². The molecule has 2 amide bonds. The molecule has 1 aliphatic heterocycles. The molecule has 1 N–H and O–H groups in total. The van der Waals surface area contributed by atoms with Gasteiger partial charge in [0.25, 0.3) is 5.91 Å². The van der Waals surface area contributed by atoms with Crippen LogP contribution in [0.15, 0.2) is 23.1 Å². The van der Waals surface area contributed by atoms with Gasteiger partial charge < -0.3 is 10.2 Å². The van der Waals surface area contributed by atoms with E-state index in [0.717, 1.165) is 6.26 Å². The third-order valence-corrected chi connectivity index (χ3v) is 5.06. The standard InChI is InChI=1S/C15H20N2O4S/c1-4-10-5-6-11(7-13(10)22(3,20)21)15(19)17-8-12(9-17)14(18)16-2/h5-7,12H,4,8-9H2,1-3H3,(H,16,18). The molecule has 1 aliphatic rings. The van der Waals surface area contributed by atoms with Crippen molar-refractivity contribution in [3.8, 4) is 0 Å². The van der Waals surface area contributed by atoms with Crippen molar-refractivity contribution in [2.24, 2.45) is 5.92 Å². The number of nitrogens with one attached hydrogen (secondary N) is 1. The van der Waals surface area contributed by atoms with E-state index in [1.54, 1.807) is 24.1 Å². The largest absolute Gasteiger partial charge is 0.359 e. The number of benzene rings is 1. The molecule has 0 atom stereocenters. The molecule has 22 heavy (non-hydrogen) atoms. The first-order valence-electron chi connectivity index (χ1n) is 7.11. The summed E-state index contributed by atoms with van der Waals surface area (Å²) in [6.07, 6.45) is 1.72. The molecule has 0 aromatic heterocycles. The van der Waals surface area contributed by atoms with E-state index in [9.17, 15) is 18.0 Å². The fourth-order valence-corrected chi connectivity index (χ4v) is 3.55. The molecule has 0 radical (unpaired) electrons. The zero-order valence-electron chi connectivity index (χ0n) is 12.9. The topological polar surface area (TPSA) is 83.6 Å². The fraction of sp³-hybridized carbons (Fsp3) is 0.467. The fourth-order valence-electron chi connectivity index (χ4n) is 2.52. The Balaban J connectivity index is 2.20. The Morgan fingerprint density at radius 3 is 2.45 bits per heavy atom. The maximum atomic E-state index is 12.4. The molecule has 0 aliphatic carbocycles. The van der Waals surface area contributed by atoms with Gasteiger partial charge in [0.1, 0.15) is 0 Å². The van der Waals surface area contributed by atoms with Gasteiger partial charge in [-0.25, -0.2) is 8.42 Å². The Labute approximate surface area is 130 Å². The number of nitrogens with zero attached hydrogens (tertiary/aromatic N) is 1. The number of likely N-dealkylation sites (tertiary alicyclic amines) is 1. The highest BCUT2D eigenvalue weighted by atomic mass is 32.2. The third-order valence-electron chi connectivity index (χ3n) is 3.88. The maximum Gasteiger partial charge on any atom is 0.253 e. The first-order chi connectivity index (χ1) is 10.3. The quantitative estimate of drug-likeness (QED) is 0.873. The number of aryl methyl sites for hydroxylation is 1. The second-order valence-corrected chi connectivity index (χ2v) is 7.45. The van der Waals surface area contributed by atoms with E-state index < -0.39 is 9.84 Å². The van der Waals surface area contributed by atoms with Crippen molar-refractivity contribution in [3.63, 3.8) is 0 Å². The number of hydrogen-bond acceptors (Lipinski definition) is 4. The lowest BCUT2D eigenvalue weighted by Crippen LogP contribution is -2.55. The average molecular weight is 324 g/mol. The normalized spacial score (nSPS) is 15.3. The number of rotatable bonds is 4. The molecule has 120 valence electrons. The van der Waals surface area contributed by atoms with Gasteiger partial charge in [0, 0.05) is 32.0 Å². The van der Waals surface area contributed by atoms with E-state index in [4.69, 9.17) is 0 Å². The van der Waals surface area contributed by atoms with Crippen LogP contribution in [0.25, 0.3) is 0 Å². The first-order valence-corrected chi connectivity index (χ1v) is 9.01. The van der Waals surface area contributed by atoms with Crippen LogP contribution in [0.5, 0.6) is 0 Å². The van der Waals surface area contributed by atoms with Gasteiger partial charge >= 0.3 is 0 Å². The predicted octanol–water partition coefficient (Wildman–Crippen LogP) is 0.471. The van der Waals surface area contributed by atoms with Crippen LogP contribution in [0.2, 0.25) is 0 Å². The van der Waals surface area contributed by atoms with Crippen LogP contribution >= 0.6 is 0 Å². The van der Waals surface area contributed by atoms with E-state index in [-0.39, 0.29) is 22.6 Å². The second kappa shape index (κ2) is 6.08. The lowest BCUT2D eigenvalue weighted by molar-refractivity contribution is -0.128. The van der Waals surface area contributed by atoms with E-state index in [2.05, 4.69) is 5.32 Å². The summed E-state index contributed by atoms with van der Waals surface area (Å²) in [7, 11) is -1.81. The summed E-state index contributed by atoms with van der Waals surface area (Å²) in [4.78, 5) is 25.5. The van der Waals surface area contributed by atoms with Gasteiger partial charge in [-0.05, 0) is 24.1 Å². The van der Waals surface area contributed by atoms with E-state index in [1.807, 2.05) is 6.92 Å². The third kappa shape index (κ3) is 3.14. The molecule has 2 rings (SSSR count). The van der Waals surface area contributed by atoms with Crippen LogP contribution in [-0.2, 0) is 21.1 Å². The molecular weight excluding hydrogens is 304 g/mol. The van der Waals surface area contributed by atoms with Crippen molar-refractivity contribution in [2.45, 2.75) is 18.2 Å². The Morgan fingerprint density at radius 2 is 1.95 bits per heavy atom. The molecule has 1 fully saturated rings. The summed E-state index contributed by atoms with van der Waals surface area (Å²) in [6, 6.07) is 4.76. The van der Waals surface area contributed by atoms with Gasteiger partial charge in [0.2, 0.25) is 5.91 Å². The highest BCUT2D eigenvalue weighted by molar-refractivity contribution is 7.90. The Hall–Kier alpha value is -1.89. The molecule has 1 aromatic rings. The smallest absolute Gasteiger partial charge is 0.253 e. The minimum Gasteiger partial charge on any atom is -0.359 e. The number of sulfone groups is 1. The molecule has 7 heteroatoms. The maximum absolute atomic E-state index is 12.4. The van der Waals surface area contributed by atoms with Gasteiger partial charge in [-0.15, -0.1) is 0 Å². The molecule has 0 unspecified atom stereocenters. The highest BCUT2D eigenvalue weighted by Crippen LogP contribution is 2.23. The van der Waals surface area contributed by atoms with Crippen LogP contribution in [-0.4, -0.2) is 51.5 Å². The molecule has 1 heterocycles. The molecule has 1 aromatic carbocycles. The number of carbonyl (C=O) groups is 2. The summed E-state index contributed by atoms with van der Waals surface area (Å²) in [6.45, 7) is 2.60. The lowest BCUT2D eigenvalue weighted by atomic mass is 9.97. The number of amides is 2. The van der Waals surface area contributed by atoms with Crippen LogP contribution in [0.3, 0.4) is 0 Å². The molecule has 0 spiro atoms. The van der Waals surface area contributed by atoms with E-state index >= 15 is 0 Å². The minimum absolute atomic E-state index is 0.0813. The van der Waals surface area contributed by atoms with Gasteiger partial charge in [0.05, 0.1) is 10.8 Å². The summed E-state index contributed by atoms with van der Waals surface area (Å²) in [5.74, 6) is -0.506. The summed E-state index contributed by atoms with van der Waals surface area (Å²) in [5, 5.41) is 2.55. The van der Waals surface area contributed by atoms with Gasteiger partial charge in [-0.3, -0.25) is 9.59 Å². The minimum atomic E-state index is -3.38. The van der Waals surface area contributed by atoms with E-state index in [0.29, 0.717) is 30.6 Å². The van der Waals surface area contributed by atoms with Crippen LogP contribution in [0.1, 0.15) is 22.8 Å². The Morgan fingerprint density at radius 1 is 1.32 bits per heavy atom.